The summed E-state index contributed by atoms with van der Waals surface area (Å²) >= 11 is 0. The number of halogens is 1. The lowest BCUT2D eigenvalue weighted by atomic mass is 10.1. The summed E-state index contributed by atoms with van der Waals surface area (Å²) in [5.74, 6) is -0.170. The predicted molar refractivity (Wildman–Crippen MR) is 85.3 cm³/mol. The van der Waals surface area contributed by atoms with Gasteiger partial charge in [0.2, 0.25) is 0 Å². The second kappa shape index (κ2) is 7.27. The maximum atomic E-state index is 12.5. The molecule has 0 fully saturated rings. The van der Waals surface area contributed by atoms with Gasteiger partial charge in [0.1, 0.15) is 0 Å². The van der Waals surface area contributed by atoms with Crippen molar-refractivity contribution >= 4 is 25.6 Å². The van der Waals surface area contributed by atoms with E-state index in [0.717, 1.165) is 6.42 Å². The van der Waals surface area contributed by atoms with Gasteiger partial charge in [0.25, 0.3) is 15.0 Å². The molecule has 21 heavy (non-hydrogen) atoms. The second-order valence-electron chi connectivity index (χ2n) is 4.96. The van der Waals surface area contributed by atoms with E-state index < -0.39 is 9.05 Å². The lowest BCUT2D eigenvalue weighted by Gasteiger charge is -2.27. The van der Waals surface area contributed by atoms with Gasteiger partial charge in [-0.15, -0.1) is 0 Å². The molecule has 0 radical (unpaired) electrons. The van der Waals surface area contributed by atoms with Gasteiger partial charge >= 0.3 is 0 Å². The summed E-state index contributed by atoms with van der Waals surface area (Å²) < 4.78 is 23.3. The molecule has 0 saturated carbocycles. The third kappa shape index (κ3) is 4.20. The molecule has 4 nitrogen and oxygen atoms in total. The van der Waals surface area contributed by atoms with Crippen LogP contribution in [0.5, 0.6) is 0 Å². The van der Waals surface area contributed by atoms with Gasteiger partial charge in [-0.05, 0) is 44.4 Å². The quantitative estimate of drug-likeness (QED) is 0.750. The standard InChI is InChI=1S/C15H22ClNO3S/c1-5-11(4)17(7-3)15(18)13-9-8-12(6-2)14(10-13)21(16,19)20/h8-11H,5-7H2,1-4H3. The SMILES string of the molecule is CCc1ccc(C(=O)N(CC)C(C)CC)cc1S(=O)(=O)Cl. The summed E-state index contributed by atoms with van der Waals surface area (Å²) in [5.41, 5.74) is 0.974. The summed E-state index contributed by atoms with van der Waals surface area (Å²) in [4.78, 5) is 14.3. The fourth-order valence-electron chi connectivity index (χ4n) is 2.25. The van der Waals surface area contributed by atoms with Crippen LogP contribution in [0.3, 0.4) is 0 Å². The van der Waals surface area contributed by atoms with Crippen LogP contribution in [0.2, 0.25) is 0 Å². The summed E-state index contributed by atoms with van der Waals surface area (Å²) in [6.45, 7) is 8.31. The number of amides is 1. The molecule has 0 saturated heterocycles. The van der Waals surface area contributed by atoms with Crippen LogP contribution in [0.15, 0.2) is 23.1 Å². The van der Waals surface area contributed by atoms with Crippen LogP contribution in [0.1, 0.15) is 50.0 Å². The first-order chi connectivity index (χ1) is 9.76. The van der Waals surface area contributed by atoms with Crippen LogP contribution in [0.4, 0.5) is 0 Å². The van der Waals surface area contributed by atoms with E-state index in [1.165, 1.54) is 6.07 Å². The molecule has 0 N–H and O–H groups in total. The van der Waals surface area contributed by atoms with Gasteiger partial charge in [-0.2, -0.15) is 0 Å². The van der Waals surface area contributed by atoms with Crippen molar-refractivity contribution in [3.8, 4) is 0 Å². The lowest BCUT2D eigenvalue weighted by Crippen LogP contribution is -2.38. The van der Waals surface area contributed by atoms with Gasteiger partial charge in [0, 0.05) is 28.8 Å². The molecular formula is C15H22ClNO3S. The molecule has 1 unspecified atom stereocenters. The maximum absolute atomic E-state index is 12.5. The van der Waals surface area contributed by atoms with Gasteiger partial charge in [-0.1, -0.05) is 19.9 Å². The molecule has 1 rings (SSSR count). The Morgan fingerprint density at radius 1 is 1.29 bits per heavy atom. The molecule has 1 atom stereocenters. The van der Waals surface area contributed by atoms with Crippen molar-refractivity contribution < 1.29 is 13.2 Å². The molecule has 0 heterocycles. The number of benzene rings is 1. The van der Waals surface area contributed by atoms with Crippen LogP contribution in [0, 0.1) is 0 Å². The molecule has 0 aliphatic heterocycles. The van der Waals surface area contributed by atoms with Crippen molar-refractivity contribution in [2.24, 2.45) is 0 Å². The highest BCUT2D eigenvalue weighted by molar-refractivity contribution is 8.13. The minimum Gasteiger partial charge on any atom is -0.336 e. The molecule has 0 aliphatic rings. The second-order valence-corrected chi connectivity index (χ2v) is 7.50. The highest BCUT2D eigenvalue weighted by Crippen LogP contribution is 2.23. The highest BCUT2D eigenvalue weighted by Gasteiger charge is 2.22. The van der Waals surface area contributed by atoms with E-state index in [4.69, 9.17) is 10.7 Å². The van der Waals surface area contributed by atoms with Crippen LogP contribution >= 0.6 is 10.7 Å². The summed E-state index contributed by atoms with van der Waals surface area (Å²) in [7, 11) is 1.61. The summed E-state index contributed by atoms with van der Waals surface area (Å²) in [5, 5.41) is 0. The molecule has 0 spiro atoms. The highest BCUT2D eigenvalue weighted by atomic mass is 35.7. The van der Waals surface area contributed by atoms with E-state index in [-0.39, 0.29) is 16.8 Å². The van der Waals surface area contributed by atoms with Gasteiger partial charge in [-0.25, -0.2) is 8.42 Å². The van der Waals surface area contributed by atoms with Crippen LogP contribution in [-0.4, -0.2) is 31.8 Å². The minimum absolute atomic E-state index is 0.0257. The van der Waals surface area contributed by atoms with Crippen LogP contribution < -0.4 is 0 Å². The predicted octanol–water partition coefficient (Wildman–Crippen LogP) is 3.44. The fourth-order valence-corrected chi connectivity index (χ4v) is 3.47. The normalized spacial score (nSPS) is 13.0. The Labute approximate surface area is 131 Å². The van der Waals surface area contributed by atoms with E-state index in [2.05, 4.69) is 0 Å². The number of carbonyl (C=O) groups excluding carboxylic acids is 1. The Bertz CT molecular complexity index is 613. The minimum atomic E-state index is -3.86. The van der Waals surface area contributed by atoms with Crippen molar-refractivity contribution in [2.45, 2.75) is 51.5 Å². The Kier molecular flexibility index (Phi) is 6.23. The van der Waals surface area contributed by atoms with E-state index >= 15 is 0 Å². The fraction of sp³-hybridized carbons (Fsp3) is 0.533. The van der Waals surface area contributed by atoms with E-state index in [9.17, 15) is 13.2 Å². The number of hydrogen-bond acceptors (Lipinski definition) is 3. The third-order valence-corrected chi connectivity index (χ3v) is 5.09. The molecule has 0 aromatic heterocycles. The lowest BCUT2D eigenvalue weighted by molar-refractivity contribution is 0.0699. The average Bonchev–Trinajstić information content (AvgIpc) is 2.45. The first-order valence-corrected chi connectivity index (χ1v) is 9.45. The van der Waals surface area contributed by atoms with Crippen molar-refractivity contribution in [2.75, 3.05) is 6.54 Å². The molecule has 0 bridgehead atoms. The number of rotatable bonds is 6. The zero-order chi connectivity index (χ0) is 16.2. The zero-order valence-corrected chi connectivity index (χ0v) is 14.5. The topological polar surface area (TPSA) is 54.5 Å². The first kappa shape index (κ1) is 18.0. The van der Waals surface area contributed by atoms with Crippen molar-refractivity contribution in [1.29, 1.82) is 0 Å². The molecule has 1 amide bonds. The monoisotopic (exact) mass is 331 g/mol. The van der Waals surface area contributed by atoms with Crippen molar-refractivity contribution in [1.82, 2.24) is 4.90 Å². The summed E-state index contributed by atoms with van der Waals surface area (Å²) in [6, 6.07) is 4.81. The third-order valence-electron chi connectivity index (χ3n) is 3.68. The van der Waals surface area contributed by atoms with Crippen molar-refractivity contribution in [3.05, 3.63) is 29.3 Å². The van der Waals surface area contributed by atoms with E-state index in [1.54, 1.807) is 17.0 Å². The average molecular weight is 332 g/mol. The Morgan fingerprint density at radius 3 is 2.33 bits per heavy atom. The molecule has 118 valence electrons. The van der Waals surface area contributed by atoms with Crippen molar-refractivity contribution in [3.63, 3.8) is 0 Å². The molecule has 1 aromatic rings. The molecular weight excluding hydrogens is 310 g/mol. The van der Waals surface area contributed by atoms with Gasteiger partial charge in [-0.3, -0.25) is 4.79 Å². The molecule has 1 aromatic carbocycles. The Hall–Kier alpha value is -1.07. The van der Waals surface area contributed by atoms with E-state index in [1.807, 2.05) is 27.7 Å². The number of aryl methyl sites for hydroxylation is 1. The summed E-state index contributed by atoms with van der Waals surface area (Å²) in [6.07, 6.45) is 1.38. The van der Waals surface area contributed by atoms with Gasteiger partial charge < -0.3 is 4.90 Å². The molecule has 0 aliphatic carbocycles. The zero-order valence-electron chi connectivity index (χ0n) is 12.9. The number of carbonyl (C=O) groups is 1. The smallest absolute Gasteiger partial charge is 0.261 e. The van der Waals surface area contributed by atoms with Crippen LogP contribution in [0.25, 0.3) is 0 Å². The Balaban J connectivity index is 3.29. The molecule has 6 heteroatoms. The van der Waals surface area contributed by atoms with Crippen LogP contribution in [-0.2, 0) is 15.5 Å². The van der Waals surface area contributed by atoms with E-state index in [0.29, 0.717) is 24.1 Å². The number of hydrogen-bond donors (Lipinski definition) is 0. The largest absolute Gasteiger partial charge is 0.336 e. The Morgan fingerprint density at radius 2 is 1.90 bits per heavy atom. The maximum Gasteiger partial charge on any atom is 0.261 e. The number of nitrogens with zero attached hydrogens (tertiary/aromatic N) is 1. The first-order valence-electron chi connectivity index (χ1n) is 7.14. The van der Waals surface area contributed by atoms with Gasteiger partial charge in [0.05, 0.1) is 4.90 Å². The van der Waals surface area contributed by atoms with Gasteiger partial charge in [0.15, 0.2) is 0 Å².